The van der Waals surface area contributed by atoms with E-state index in [9.17, 15) is 0 Å². The Labute approximate surface area is 131 Å². The summed E-state index contributed by atoms with van der Waals surface area (Å²) in [7, 11) is 1.55. The lowest BCUT2D eigenvalue weighted by Gasteiger charge is -2.14. The molecule has 1 aromatic heterocycles. The molecule has 1 aromatic carbocycles. The van der Waals surface area contributed by atoms with E-state index in [1.54, 1.807) is 25.3 Å². The molecule has 2 aromatic rings. The summed E-state index contributed by atoms with van der Waals surface area (Å²) in [5, 5.41) is 1.15. The Morgan fingerprint density at radius 2 is 1.85 bits per heavy atom. The highest BCUT2D eigenvalue weighted by molar-refractivity contribution is 6.45. The summed E-state index contributed by atoms with van der Waals surface area (Å²) in [4.78, 5) is 4.23. The van der Waals surface area contributed by atoms with Crippen LogP contribution in [0, 0.1) is 0 Å². The zero-order valence-electron chi connectivity index (χ0n) is 10.6. The van der Waals surface area contributed by atoms with Crippen molar-refractivity contribution in [3.05, 3.63) is 39.0 Å². The molecule has 0 atom stereocenters. The summed E-state index contributed by atoms with van der Waals surface area (Å²) < 4.78 is 5.12. The Hall–Kier alpha value is -1.20. The quantitative estimate of drug-likeness (QED) is 0.833. The van der Waals surface area contributed by atoms with Crippen molar-refractivity contribution in [1.82, 2.24) is 4.98 Å². The van der Waals surface area contributed by atoms with Gasteiger partial charge in [0, 0.05) is 35.0 Å². The molecule has 0 fully saturated rings. The van der Waals surface area contributed by atoms with Gasteiger partial charge in [-0.05, 0) is 12.1 Å². The molecule has 0 saturated carbocycles. The van der Waals surface area contributed by atoms with Crippen molar-refractivity contribution in [2.24, 2.45) is 0 Å². The number of aromatic nitrogens is 1. The van der Waals surface area contributed by atoms with Crippen molar-refractivity contribution >= 4 is 46.3 Å². The van der Waals surface area contributed by atoms with Gasteiger partial charge in [-0.2, -0.15) is 0 Å². The lowest BCUT2D eigenvalue weighted by atomic mass is 10.0. The van der Waals surface area contributed by atoms with Crippen molar-refractivity contribution in [3.63, 3.8) is 0 Å². The van der Waals surface area contributed by atoms with Gasteiger partial charge in [-0.25, -0.2) is 4.98 Å². The van der Waals surface area contributed by atoms with Crippen molar-refractivity contribution < 1.29 is 4.74 Å². The zero-order chi connectivity index (χ0) is 14.9. The SMILES string of the molecule is COCc1nc(N)cc(N)c1-c1cc(Cl)cc(Cl)c1Cl. The van der Waals surface area contributed by atoms with Crippen molar-refractivity contribution in [2.45, 2.75) is 6.61 Å². The van der Waals surface area contributed by atoms with Crippen LogP contribution in [0.4, 0.5) is 11.5 Å². The van der Waals surface area contributed by atoms with Crippen molar-refractivity contribution in [2.75, 3.05) is 18.6 Å². The van der Waals surface area contributed by atoms with Gasteiger partial charge in [-0.3, -0.25) is 0 Å². The molecule has 0 bridgehead atoms. The second-order valence-corrected chi connectivity index (χ2v) is 5.36. The van der Waals surface area contributed by atoms with E-state index in [-0.39, 0.29) is 6.61 Å². The highest BCUT2D eigenvalue weighted by Gasteiger charge is 2.17. The first-order valence-electron chi connectivity index (χ1n) is 5.62. The summed E-state index contributed by atoms with van der Waals surface area (Å²) >= 11 is 18.3. The molecule has 2 rings (SSSR count). The highest BCUT2D eigenvalue weighted by Crippen LogP contribution is 2.40. The van der Waals surface area contributed by atoms with Gasteiger partial charge in [0.2, 0.25) is 0 Å². The summed E-state index contributed by atoms with van der Waals surface area (Å²) in [6, 6.07) is 4.80. The fraction of sp³-hybridized carbons (Fsp3) is 0.154. The van der Waals surface area contributed by atoms with Gasteiger partial charge in [0.25, 0.3) is 0 Å². The molecule has 0 spiro atoms. The van der Waals surface area contributed by atoms with E-state index in [0.29, 0.717) is 43.4 Å². The molecule has 0 amide bonds. The first-order valence-corrected chi connectivity index (χ1v) is 6.76. The number of nitrogen functional groups attached to an aromatic ring is 2. The number of nitrogens with zero attached hydrogens (tertiary/aromatic N) is 1. The summed E-state index contributed by atoms with van der Waals surface area (Å²) in [5.74, 6) is 0.308. The monoisotopic (exact) mass is 331 g/mol. The van der Waals surface area contributed by atoms with Gasteiger partial charge < -0.3 is 16.2 Å². The molecule has 4 N–H and O–H groups in total. The number of anilines is 2. The van der Waals surface area contributed by atoms with E-state index in [4.69, 9.17) is 51.0 Å². The summed E-state index contributed by atoms with van der Waals surface area (Å²) in [6.07, 6.45) is 0. The zero-order valence-corrected chi connectivity index (χ0v) is 12.9. The van der Waals surface area contributed by atoms with Crippen LogP contribution in [0.25, 0.3) is 11.1 Å². The normalized spacial score (nSPS) is 10.8. The van der Waals surface area contributed by atoms with Crippen LogP contribution in [0.5, 0.6) is 0 Å². The average molecular weight is 333 g/mol. The Kier molecular flexibility index (Phi) is 4.60. The predicted octanol–water partition coefficient (Wildman–Crippen LogP) is 4.02. The van der Waals surface area contributed by atoms with E-state index >= 15 is 0 Å². The molecule has 106 valence electrons. The maximum Gasteiger partial charge on any atom is 0.125 e. The lowest BCUT2D eigenvalue weighted by Crippen LogP contribution is -2.04. The van der Waals surface area contributed by atoms with Crippen LogP contribution in [-0.4, -0.2) is 12.1 Å². The largest absolute Gasteiger partial charge is 0.398 e. The number of benzene rings is 1. The van der Waals surface area contributed by atoms with Gasteiger partial charge in [-0.1, -0.05) is 34.8 Å². The van der Waals surface area contributed by atoms with Crippen LogP contribution in [0.15, 0.2) is 18.2 Å². The van der Waals surface area contributed by atoms with Crippen LogP contribution >= 0.6 is 34.8 Å². The van der Waals surface area contributed by atoms with Gasteiger partial charge in [-0.15, -0.1) is 0 Å². The molecule has 4 nitrogen and oxygen atoms in total. The van der Waals surface area contributed by atoms with Crippen molar-refractivity contribution in [1.29, 1.82) is 0 Å². The first-order chi connectivity index (χ1) is 9.43. The van der Waals surface area contributed by atoms with E-state index < -0.39 is 0 Å². The third-order valence-electron chi connectivity index (χ3n) is 2.69. The molecule has 0 aliphatic heterocycles. The van der Waals surface area contributed by atoms with Crippen LogP contribution in [0.3, 0.4) is 0 Å². The van der Waals surface area contributed by atoms with E-state index in [1.165, 1.54) is 0 Å². The maximum atomic E-state index is 6.24. The standard InChI is InChI=1S/C13H12Cl3N3O/c1-20-5-10-12(9(17)4-11(18)19-10)7-2-6(14)3-8(15)13(7)16/h2-4H,5H2,1H3,(H4,17,18,19). The van der Waals surface area contributed by atoms with E-state index in [0.717, 1.165) is 0 Å². The second kappa shape index (κ2) is 6.06. The fourth-order valence-electron chi connectivity index (χ4n) is 1.93. The number of methoxy groups -OCH3 is 1. The highest BCUT2D eigenvalue weighted by atomic mass is 35.5. The molecule has 1 heterocycles. The topological polar surface area (TPSA) is 74.2 Å². The summed E-state index contributed by atoms with van der Waals surface area (Å²) in [6.45, 7) is 0.241. The van der Waals surface area contributed by atoms with Crippen molar-refractivity contribution in [3.8, 4) is 11.1 Å². The third-order valence-corrected chi connectivity index (χ3v) is 3.71. The van der Waals surface area contributed by atoms with Crippen LogP contribution in [0.2, 0.25) is 15.1 Å². The number of nitrogens with two attached hydrogens (primary N) is 2. The molecular formula is C13H12Cl3N3O. The summed E-state index contributed by atoms with van der Waals surface area (Å²) in [5.41, 5.74) is 14.0. The van der Waals surface area contributed by atoms with Crippen LogP contribution in [-0.2, 0) is 11.3 Å². The molecule has 0 radical (unpaired) electrons. The van der Waals surface area contributed by atoms with Gasteiger partial charge in [0.1, 0.15) is 5.82 Å². The van der Waals surface area contributed by atoms with Gasteiger partial charge >= 0.3 is 0 Å². The van der Waals surface area contributed by atoms with E-state index in [2.05, 4.69) is 4.98 Å². The minimum atomic E-state index is 0.241. The molecule has 20 heavy (non-hydrogen) atoms. The van der Waals surface area contributed by atoms with Gasteiger partial charge in [0.15, 0.2) is 0 Å². The number of halogens is 3. The number of ether oxygens (including phenoxy) is 1. The number of hydrogen-bond donors (Lipinski definition) is 2. The smallest absolute Gasteiger partial charge is 0.125 e. The number of pyridine rings is 1. The molecule has 0 unspecified atom stereocenters. The molecule has 0 aliphatic carbocycles. The van der Waals surface area contributed by atoms with Crippen LogP contribution in [0.1, 0.15) is 5.69 Å². The minimum Gasteiger partial charge on any atom is -0.398 e. The first kappa shape index (κ1) is 15.2. The molecule has 7 heteroatoms. The Morgan fingerprint density at radius 1 is 1.15 bits per heavy atom. The van der Waals surface area contributed by atoms with E-state index in [1.807, 2.05) is 0 Å². The lowest BCUT2D eigenvalue weighted by molar-refractivity contribution is 0.182. The molecular weight excluding hydrogens is 321 g/mol. The fourth-order valence-corrected chi connectivity index (χ4v) is 2.63. The molecule has 0 aliphatic rings. The second-order valence-electron chi connectivity index (χ2n) is 4.14. The minimum absolute atomic E-state index is 0.241. The number of rotatable bonds is 3. The average Bonchev–Trinajstić information content (AvgIpc) is 2.34. The Bertz CT molecular complexity index is 662. The third kappa shape index (κ3) is 2.94. The Morgan fingerprint density at radius 3 is 2.50 bits per heavy atom. The molecule has 0 saturated heterocycles. The number of hydrogen-bond acceptors (Lipinski definition) is 4. The predicted molar refractivity (Wildman–Crippen MR) is 84.2 cm³/mol. The van der Waals surface area contributed by atoms with Gasteiger partial charge in [0.05, 0.1) is 22.3 Å². The Balaban J connectivity index is 2.75. The maximum absolute atomic E-state index is 6.24. The van der Waals surface area contributed by atoms with Crippen LogP contribution < -0.4 is 11.5 Å².